The molecule has 0 aliphatic carbocycles. The van der Waals surface area contributed by atoms with Crippen LogP contribution in [0.15, 0.2) is 12.1 Å². The topological polar surface area (TPSA) is 49.2 Å². The van der Waals surface area contributed by atoms with E-state index in [0.29, 0.717) is 0 Å². The quantitative estimate of drug-likeness (QED) is 0.790. The minimum atomic E-state index is 0.204. The normalized spacial score (nSPS) is 21.7. The molecule has 0 amide bonds. The Morgan fingerprint density at radius 1 is 1.40 bits per heavy atom. The van der Waals surface area contributed by atoms with Gasteiger partial charge in [0.15, 0.2) is 5.82 Å². The van der Waals surface area contributed by atoms with Crippen molar-refractivity contribution in [3.63, 3.8) is 0 Å². The number of aliphatic hydroxyl groups excluding tert-OH is 1. The monoisotopic (exact) mass is 207 g/mol. The van der Waals surface area contributed by atoms with Gasteiger partial charge < -0.3 is 10.0 Å². The molecule has 82 valence electrons. The molecule has 0 unspecified atom stereocenters. The van der Waals surface area contributed by atoms with Gasteiger partial charge in [-0.2, -0.15) is 5.10 Å². The SMILES string of the molecule is Cc1ccc(N2CCCC[C@@H]2CO)nn1. The molecule has 1 fully saturated rings. The number of aromatic nitrogens is 2. The zero-order valence-electron chi connectivity index (χ0n) is 9.06. The van der Waals surface area contributed by atoms with E-state index in [2.05, 4.69) is 15.1 Å². The predicted octanol–water partition coefficient (Wildman–Crippen LogP) is 1.14. The molecule has 1 atom stereocenters. The summed E-state index contributed by atoms with van der Waals surface area (Å²) < 4.78 is 0. The van der Waals surface area contributed by atoms with Gasteiger partial charge in [-0.25, -0.2) is 0 Å². The zero-order valence-corrected chi connectivity index (χ0v) is 9.06. The zero-order chi connectivity index (χ0) is 10.7. The second-order valence-corrected chi connectivity index (χ2v) is 4.06. The van der Waals surface area contributed by atoms with Gasteiger partial charge in [0, 0.05) is 6.54 Å². The first-order chi connectivity index (χ1) is 7.31. The molecule has 0 radical (unpaired) electrons. The van der Waals surface area contributed by atoms with Crippen LogP contribution in [-0.4, -0.2) is 34.5 Å². The fraction of sp³-hybridized carbons (Fsp3) is 0.636. The van der Waals surface area contributed by atoms with Crippen LogP contribution in [0.3, 0.4) is 0 Å². The summed E-state index contributed by atoms with van der Waals surface area (Å²) in [5.41, 5.74) is 0.927. The summed E-state index contributed by atoms with van der Waals surface area (Å²) in [6.45, 7) is 3.11. The van der Waals surface area contributed by atoms with Gasteiger partial charge in [0.2, 0.25) is 0 Å². The van der Waals surface area contributed by atoms with E-state index in [1.807, 2.05) is 19.1 Å². The molecule has 0 bridgehead atoms. The highest BCUT2D eigenvalue weighted by molar-refractivity contribution is 5.39. The molecule has 15 heavy (non-hydrogen) atoms. The predicted molar refractivity (Wildman–Crippen MR) is 58.8 cm³/mol. The number of hydrogen-bond acceptors (Lipinski definition) is 4. The number of aliphatic hydroxyl groups is 1. The average molecular weight is 207 g/mol. The van der Waals surface area contributed by atoms with Crippen molar-refractivity contribution < 1.29 is 5.11 Å². The Kier molecular flexibility index (Phi) is 3.16. The minimum Gasteiger partial charge on any atom is -0.394 e. The number of nitrogens with zero attached hydrogens (tertiary/aromatic N) is 3. The van der Waals surface area contributed by atoms with Crippen LogP contribution in [0, 0.1) is 6.92 Å². The molecule has 0 saturated carbocycles. The van der Waals surface area contributed by atoms with Crippen LogP contribution in [0.1, 0.15) is 25.0 Å². The molecular formula is C11H17N3O. The summed E-state index contributed by atoms with van der Waals surface area (Å²) in [6.07, 6.45) is 3.42. The Morgan fingerprint density at radius 3 is 2.93 bits per heavy atom. The van der Waals surface area contributed by atoms with E-state index in [-0.39, 0.29) is 12.6 Å². The van der Waals surface area contributed by atoms with Gasteiger partial charge in [-0.3, -0.25) is 0 Å². The molecule has 2 heterocycles. The van der Waals surface area contributed by atoms with E-state index in [1.54, 1.807) is 0 Å². The molecule has 2 rings (SSSR count). The van der Waals surface area contributed by atoms with E-state index >= 15 is 0 Å². The average Bonchev–Trinajstić information content (AvgIpc) is 2.30. The van der Waals surface area contributed by atoms with E-state index in [0.717, 1.165) is 24.5 Å². The summed E-state index contributed by atoms with van der Waals surface area (Å²) in [5, 5.41) is 17.5. The Labute approximate surface area is 89.9 Å². The highest BCUT2D eigenvalue weighted by Crippen LogP contribution is 2.22. The van der Waals surface area contributed by atoms with Crippen molar-refractivity contribution in [1.82, 2.24) is 10.2 Å². The first kappa shape index (κ1) is 10.4. The van der Waals surface area contributed by atoms with Crippen LogP contribution in [0.4, 0.5) is 5.82 Å². The summed E-state index contributed by atoms with van der Waals surface area (Å²) in [6, 6.07) is 4.16. The molecule has 1 aromatic rings. The first-order valence-corrected chi connectivity index (χ1v) is 5.49. The molecular weight excluding hydrogens is 190 g/mol. The fourth-order valence-corrected chi connectivity index (χ4v) is 2.04. The molecule has 1 N–H and O–H groups in total. The lowest BCUT2D eigenvalue weighted by molar-refractivity contribution is 0.239. The Bertz CT molecular complexity index is 312. The molecule has 4 heteroatoms. The second-order valence-electron chi connectivity index (χ2n) is 4.06. The van der Waals surface area contributed by atoms with Crippen molar-refractivity contribution in [2.75, 3.05) is 18.1 Å². The van der Waals surface area contributed by atoms with Crippen LogP contribution in [0.2, 0.25) is 0 Å². The highest BCUT2D eigenvalue weighted by atomic mass is 16.3. The molecule has 1 aromatic heterocycles. The van der Waals surface area contributed by atoms with Crippen molar-refractivity contribution in [2.45, 2.75) is 32.2 Å². The fourth-order valence-electron chi connectivity index (χ4n) is 2.04. The summed E-state index contributed by atoms with van der Waals surface area (Å²) in [4.78, 5) is 2.16. The third kappa shape index (κ3) is 2.26. The van der Waals surface area contributed by atoms with Crippen molar-refractivity contribution in [1.29, 1.82) is 0 Å². The highest BCUT2D eigenvalue weighted by Gasteiger charge is 2.22. The van der Waals surface area contributed by atoms with Crippen molar-refractivity contribution in [2.24, 2.45) is 0 Å². The minimum absolute atomic E-state index is 0.204. The summed E-state index contributed by atoms with van der Waals surface area (Å²) >= 11 is 0. The maximum absolute atomic E-state index is 9.29. The van der Waals surface area contributed by atoms with Crippen molar-refractivity contribution in [3.8, 4) is 0 Å². The third-order valence-corrected chi connectivity index (χ3v) is 2.92. The second kappa shape index (κ2) is 4.57. The lowest BCUT2D eigenvalue weighted by atomic mass is 10.0. The number of hydrogen-bond donors (Lipinski definition) is 1. The summed E-state index contributed by atoms with van der Waals surface area (Å²) in [5.74, 6) is 0.888. The van der Waals surface area contributed by atoms with Gasteiger partial charge in [-0.1, -0.05) is 0 Å². The summed E-state index contributed by atoms with van der Waals surface area (Å²) in [7, 11) is 0. The van der Waals surface area contributed by atoms with Crippen LogP contribution >= 0.6 is 0 Å². The van der Waals surface area contributed by atoms with Gasteiger partial charge in [0.25, 0.3) is 0 Å². The van der Waals surface area contributed by atoms with E-state index < -0.39 is 0 Å². The van der Waals surface area contributed by atoms with Crippen LogP contribution in [-0.2, 0) is 0 Å². The largest absolute Gasteiger partial charge is 0.394 e. The molecule has 1 saturated heterocycles. The number of piperidine rings is 1. The first-order valence-electron chi connectivity index (χ1n) is 5.49. The van der Waals surface area contributed by atoms with Gasteiger partial charge in [-0.05, 0) is 38.3 Å². The van der Waals surface area contributed by atoms with Gasteiger partial charge in [-0.15, -0.1) is 5.10 Å². The van der Waals surface area contributed by atoms with E-state index in [4.69, 9.17) is 0 Å². The molecule has 0 aromatic carbocycles. The number of aryl methyl sites for hydroxylation is 1. The molecule has 4 nitrogen and oxygen atoms in total. The van der Waals surface area contributed by atoms with Gasteiger partial charge in [0.1, 0.15) is 0 Å². The smallest absolute Gasteiger partial charge is 0.151 e. The van der Waals surface area contributed by atoms with Gasteiger partial charge >= 0.3 is 0 Å². The van der Waals surface area contributed by atoms with Crippen LogP contribution < -0.4 is 4.90 Å². The van der Waals surface area contributed by atoms with E-state index in [9.17, 15) is 5.11 Å². The molecule has 1 aliphatic heterocycles. The van der Waals surface area contributed by atoms with Gasteiger partial charge in [0.05, 0.1) is 18.3 Å². The maximum atomic E-state index is 9.29. The third-order valence-electron chi connectivity index (χ3n) is 2.92. The lowest BCUT2D eigenvalue weighted by Crippen LogP contribution is -2.42. The Balaban J connectivity index is 2.16. The number of anilines is 1. The standard InChI is InChI=1S/C11H17N3O/c1-9-5-6-11(13-12-9)14-7-3-2-4-10(14)8-15/h5-6,10,15H,2-4,7-8H2,1H3/t10-/m1/s1. The Morgan fingerprint density at radius 2 is 2.27 bits per heavy atom. The van der Waals surface area contributed by atoms with Crippen LogP contribution in [0.5, 0.6) is 0 Å². The maximum Gasteiger partial charge on any atom is 0.151 e. The van der Waals surface area contributed by atoms with Crippen molar-refractivity contribution in [3.05, 3.63) is 17.8 Å². The van der Waals surface area contributed by atoms with Crippen LogP contribution in [0.25, 0.3) is 0 Å². The van der Waals surface area contributed by atoms with Crippen molar-refractivity contribution >= 4 is 5.82 Å². The molecule has 0 spiro atoms. The number of rotatable bonds is 2. The Hall–Kier alpha value is -1.16. The molecule has 1 aliphatic rings. The lowest BCUT2D eigenvalue weighted by Gasteiger charge is -2.35. The van der Waals surface area contributed by atoms with E-state index in [1.165, 1.54) is 12.8 Å².